The molecule has 0 unspecified atom stereocenters. The van der Waals surface area contributed by atoms with Crippen LogP contribution >= 0.6 is 11.3 Å². The summed E-state index contributed by atoms with van der Waals surface area (Å²) in [6, 6.07) is 17.8. The number of ether oxygens (including phenoxy) is 2. The van der Waals surface area contributed by atoms with Crippen LogP contribution in [0.4, 0.5) is 5.13 Å². The highest BCUT2D eigenvalue weighted by molar-refractivity contribution is 7.22. The van der Waals surface area contributed by atoms with Crippen LogP contribution in [-0.2, 0) is 11.2 Å². The molecule has 3 aromatic carbocycles. The molecule has 26 heavy (non-hydrogen) atoms. The maximum Gasteiger partial charge on any atom is 0.231 e. The molecule has 0 atom stereocenters. The molecule has 0 fully saturated rings. The number of carbonyl (C=O) groups is 1. The Labute approximate surface area is 153 Å². The largest absolute Gasteiger partial charge is 0.454 e. The van der Waals surface area contributed by atoms with Gasteiger partial charge in [-0.1, -0.05) is 53.8 Å². The van der Waals surface area contributed by atoms with Gasteiger partial charge in [0.2, 0.25) is 12.7 Å². The van der Waals surface area contributed by atoms with Crippen molar-refractivity contribution < 1.29 is 14.3 Å². The number of anilines is 1. The Morgan fingerprint density at radius 1 is 1.08 bits per heavy atom. The summed E-state index contributed by atoms with van der Waals surface area (Å²) in [5.74, 6) is 1.33. The van der Waals surface area contributed by atoms with Crippen LogP contribution in [0.15, 0.2) is 54.6 Å². The van der Waals surface area contributed by atoms with Gasteiger partial charge in [-0.3, -0.25) is 4.79 Å². The highest BCUT2D eigenvalue weighted by Gasteiger charge is 2.17. The van der Waals surface area contributed by atoms with E-state index in [2.05, 4.69) is 10.3 Å². The molecule has 0 aliphatic carbocycles. The molecule has 1 amide bonds. The zero-order valence-corrected chi connectivity index (χ0v) is 14.5. The van der Waals surface area contributed by atoms with Gasteiger partial charge in [-0.15, -0.1) is 0 Å². The minimum atomic E-state index is -0.0829. The fourth-order valence-electron chi connectivity index (χ4n) is 3.15. The van der Waals surface area contributed by atoms with Gasteiger partial charge >= 0.3 is 0 Å². The fourth-order valence-corrected chi connectivity index (χ4v) is 4.05. The predicted octanol–water partition coefficient (Wildman–Crippen LogP) is 4.36. The minimum Gasteiger partial charge on any atom is -0.454 e. The first-order valence-electron chi connectivity index (χ1n) is 8.23. The lowest BCUT2D eigenvalue weighted by Crippen LogP contribution is -2.14. The number of rotatable bonds is 3. The Bertz CT molecular complexity index is 1110. The van der Waals surface area contributed by atoms with E-state index in [1.165, 1.54) is 11.3 Å². The monoisotopic (exact) mass is 362 g/mol. The Hall–Kier alpha value is -3.12. The summed E-state index contributed by atoms with van der Waals surface area (Å²) in [5, 5.41) is 5.71. The number of fused-ring (bicyclic) bond motifs is 3. The highest BCUT2D eigenvalue weighted by atomic mass is 32.1. The quantitative estimate of drug-likeness (QED) is 0.588. The number of nitrogens with one attached hydrogen (secondary N) is 1. The summed E-state index contributed by atoms with van der Waals surface area (Å²) in [5.41, 5.74) is 1.79. The normalized spacial score (nSPS) is 12.6. The maximum absolute atomic E-state index is 12.5. The number of nitrogens with zero attached hydrogens (tertiary/aromatic N) is 1. The topological polar surface area (TPSA) is 60.5 Å². The summed E-state index contributed by atoms with van der Waals surface area (Å²) < 4.78 is 11.7. The van der Waals surface area contributed by atoms with Crippen LogP contribution in [0.3, 0.4) is 0 Å². The smallest absolute Gasteiger partial charge is 0.231 e. The number of aromatic nitrogens is 1. The number of hydrogen-bond acceptors (Lipinski definition) is 5. The number of benzene rings is 3. The Balaban J connectivity index is 1.39. The van der Waals surface area contributed by atoms with Gasteiger partial charge in [-0.25, -0.2) is 4.98 Å². The lowest BCUT2D eigenvalue weighted by atomic mass is 10.0. The molecule has 4 aromatic rings. The Morgan fingerprint density at radius 3 is 2.81 bits per heavy atom. The average Bonchev–Trinajstić information content (AvgIpc) is 3.25. The summed E-state index contributed by atoms with van der Waals surface area (Å²) in [4.78, 5) is 17.0. The van der Waals surface area contributed by atoms with Crippen LogP contribution in [0.1, 0.15) is 5.56 Å². The van der Waals surface area contributed by atoms with Crippen molar-refractivity contribution in [2.75, 3.05) is 12.1 Å². The number of hydrogen-bond donors (Lipinski definition) is 1. The van der Waals surface area contributed by atoms with Crippen molar-refractivity contribution in [3.8, 4) is 11.5 Å². The molecule has 0 radical (unpaired) electrons. The van der Waals surface area contributed by atoms with Gasteiger partial charge in [0.25, 0.3) is 0 Å². The standard InChI is InChI=1S/C20H14N2O3S/c23-19(8-13-6-3-5-12-4-1-2-7-14(12)13)22-20-21-15-9-16-17(25-11-24-16)10-18(15)26-20/h1-7,9-10H,8,11H2,(H,21,22,23). The van der Waals surface area contributed by atoms with Crippen LogP contribution in [0, 0.1) is 0 Å². The molecule has 128 valence electrons. The summed E-state index contributed by atoms with van der Waals surface area (Å²) in [7, 11) is 0. The van der Waals surface area contributed by atoms with Gasteiger partial charge < -0.3 is 14.8 Å². The zero-order chi connectivity index (χ0) is 17.5. The molecule has 5 nitrogen and oxygen atoms in total. The number of amides is 1. The number of carbonyl (C=O) groups excluding carboxylic acids is 1. The second-order valence-corrected chi connectivity index (χ2v) is 7.09. The van der Waals surface area contributed by atoms with Crippen LogP contribution in [-0.4, -0.2) is 17.7 Å². The van der Waals surface area contributed by atoms with Crippen LogP contribution < -0.4 is 14.8 Å². The van der Waals surface area contributed by atoms with Crippen molar-refractivity contribution in [3.05, 3.63) is 60.2 Å². The van der Waals surface area contributed by atoms with Gasteiger partial charge in [-0.05, 0) is 16.3 Å². The molecular formula is C20H14N2O3S. The lowest BCUT2D eigenvalue weighted by molar-refractivity contribution is -0.115. The minimum absolute atomic E-state index is 0.0829. The van der Waals surface area contributed by atoms with Gasteiger partial charge in [0.15, 0.2) is 16.6 Å². The molecule has 0 saturated carbocycles. The second-order valence-electron chi connectivity index (χ2n) is 6.06. The third-order valence-electron chi connectivity index (χ3n) is 4.36. The third kappa shape index (κ3) is 2.64. The van der Waals surface area contributed by atoms with E-state index in [1.807, 2.05) is 54.6 Å². The van der Waals surface area contributed by atoms with E-state index in [4.69, 9.17) is 9.47 Å². The van der Waals surface area contributed by atoms with Gasteiger partial charge in [0.05, 0.1) is 16.6 Å². The van der Waals surface area contributed by atoms with Crippen LogP contribution in [0.5, 0.6) is 11.5 Å². The predicted molar refractivity (Wildman–Crippen MR) is 102 cm³/mol. The first-order valence-corrected chi connectivity index (χ1v) is 9.04. The summed E-state index contributed by atoms with van der Waals surface area (Å²) in [6.07, 6.45) is 0.306. The first-order chi connectivity index (χ1) is 12.8. The molecule has 6 heteroatoms. The molecule has 1 N–H and O–H groups in total. The fraction of sp³-hybridized carbons (Fsp3) is 0.100. The maximum atomic E-state index is 12.5. The Morgan fingerprint density at radius 2 is 1.88 bits per heavy atom. The molecule has 1 aliphatic rings. The van der Waals surface area contributed by atoms with Crippen molar-refractivity contribution in [2.24, 2.45) is 0 Å². The average molecular weight is 362 g/mol. The van der Waals surface area contributed by atoms with Crippen molar-refractivity contribution in [3.63, 3.8) is 0 Å². The summed E-state index contributed by atoms with van der Waals surface area (Å²) >= 11 is 1.43. The van der Waals surface area contributed by atoms with E-state index in [0.717, 1.165) is 32.3 Å². The zero-order valence-electron chi connectivity index (χ0n) is 13.7. The van der Waals surface area contributed by atoms with E-state index >= 15 is 0 Å². The van der Waals surface area contributed by atoms with E-state index in [0.29, 0.717) is 17.3 Å². The molecular weight excluding hydrogens is 348 g/mol. The van der Waals surface area contributed by atoms with Gasteiger partial charge in [0, 0.05) is 12.1 Å². The summed E-state index contributed by atoms with van der Waals surface area (Å²) in [6.45, 7) is 0.237. The molecule has 0 saturated heterocycles. The number of thiazole rings is 1. The van der Waals surface area contributed by atoms with E-state index in [9.17, 15) is 4.79 Å². The SMILES string of the molecule is O=C(Cc1cccc2ccccc12)Nc1nc2cc3c(cc2s1)OCO3. The van der Waals surface area contributed by atoms with E-state index in [1.54, 1.807) is 0 Å². The molecule has 2 heterocycles. The second kappa shape index (κ2) is 6.00. The molecule has 0 spiro atoms. The van der Waals surface area contributed by atoms with Gasteiger partial charge in [-0.2, -0.15) is 0 Å². The van der Waals surface area contributed by atoms with Crippen LogP contribution in [0.2, 0.25) is 0 Å². The van der Waals surface area contributed by atoms with Crippen molar-refractivity contribution in [1.82, 2.24) is 4.98 Å². The van der Waals surface area contributed by atoms with Gasteiger partial charge in [0.1, 0.15) is 0 Å². The van der Waals surface area contributed by atoms with Crippen molar-refractivity contribution in [1.29, 1.82) is 0 Å². The molecule has 1 aromatic heterocycles. The molecule has 5 rings (SSSR count). The lowest BCUT2D eigenvalue weighted by Gasteiger charge is -2.06. The van der Waals surface area contributed by atoms with E-state index in [-0.39, 0.29) is 12.7 Å². The highest BCUT2D eigenvalue weighted by Crippen LogP contribution is 2.39. The molecule has 1 aliphatic heterocycles. The Kier molecular flexibility index (Phi) is 3.50. The third-order valence-corrected chi connectivity index (χ3v) is 5.29. The van der Waals surface area contributed by atoms with Crippen LogP contribution in [0.25, 0.3) is 21.0 Å². The molecule has 0 bridgehead atoms. The van der Waals surface area contributed by atoms with Crippen molar-refractivity contribution >= 4 is 43.4 Å². The van der Waals surface area contributed by atoms with E-state index < -0.39 is 0 Å². The first kappa shape index (κ1) is 15.2. The van der Waals surface area contributed by atoms with Crippen molar-refractivity contribution in [2.45, 2.75) is 6.42 Å².